The first-order valence-corrected chi connectivity index (χ1v) is 9.82. The van der Waals surface area contributed by atoms with E-state index in [1.807, 2.05) is 0 Å². The second-order valence-electron chi connectivity index (χ2n) is 5.83. The fourth-order valence-electron chi connectivity index (χ4n) is 2.59. The Morgan fingerprint density at radius 3 is 2.32 bits per heavy atom. The maximum Gasteiger partial charge on any atom is 0.348 e. The molecule has 1 aromatic rings. The summed E-state index contributed by atoms with van der Waals surface area (Å²) in [5.41, 5.74) is 0.153. The number of nitrogens with zero attached hydrogens (tertiary/aromatic N) is 3. The van der Waals surface area contributed by atoms with Gasteiger partial charge in [-0.05, 0) is 31.2 Å². The minimum Gasteiger partial charge on any atom is -0.419 e. The molecule has 1 heterocycles. The average Bonchev–Trinajstić information content (AvgIpc) is 2.61. The molecule has 1 atom stereocenters. The number of carbonyl (C=O) groups is 2. The molecule has 0 N–H and O–H groups in total. The van der Waals surface area contributed by atoms with Crippen molar-refractivity contribution in [2.75, 3.05) is 13.1 Å². The van der Waals surface area contributed by atoms with Crippen molar-refractivity contribution in [1.29, 1.82) is 0 Å². The highest BCUT2D eigenvalue weighted by Crippen LogP contribution is 2.20. The van der Waals surface area contributed by atoms with Crippen LogP contribution >= 0.6 is 0 Å². The summed E-state index contributed by atoms with van der Waals surface area (Å²) in [5, 5.41) is 11.1. The van der Waals surface area contributed by atoms with Crippen molar-refractivity contribution < 1.29 is 27.7 Å². The molecule has 11 heteroatoms. The normalized spacial score (nSPS) is 17.1. The van der Waals surface area contributed by atoms with Crippen LogP contribution in [0.1, 0.15) is 31.1 Å². The van der Waals surface area contributed by atoms with Crippen molar-refractivity contribution in [1.82, 2.24) is 4.31 Å². The van der Waals surface area contributed by atoms with Crippen molar-refractivity contribution in [2.24, 2.45) is 4.99 Å². The Morgan fingerprint density at radius 1 is 1.25 bits per heavy atom. The van der Waals surface area contributed by atoms with Crippen molar-refractivity contribution >= 4 is 27.6 Å². The molecule has 1 aliphatic heterocycles. The Morgan fingerprint density at radius 2 is 1.82 bits per heavy atom. The van der Waals surface area contributed by atoms with Gasteiger partial charge in [0.25, 0.3) is 0 Å². The van der Waals surface area contributed by atoms with E-state index in [0.717, 1.165) is 6.08 Å². The SMILES string of the molecule is CCN(CC)S(=O)(=O)c1ccc(C(=O)OC2=CC(C)=NC(=O)C2[N+](=O)[O-])cc1. The van der Waals surface area contributed by atoms with Crippen molar-refractivity contribution in [3.8, 4) is 0 Å². The number of ether oxygens (including phenoxy) is 1. The minimum atomic E-state index is -3.69. The third-order valence-electron chi connectivity index (χ3n) is 4.00. The van der Waals surface area contributed by atoms with Gasteiger partial charge in [0.2, 0.25) is 10.0 Å². The molecule has 1 aliphatic rings. The second kappa shape index (κ2) is 8.40. The lowest BCUT2D eigenvalue weighted by molar-refractivity contribution is -0.501. The first-order valence-electron chi connectivity index (χ1n) is 8.38. The van der Waals surface area contributed by atoms with E-state index in [0.29, 0.717) is 13.1 Å². The highest BCUT2D eigenvalue weighted by molar-refractivity contribution is 7.89. The molecular formula is C17H19N3O7S. The Kier molecular flexibility index (Phi) is 6.41. The number of amides is 1. The molecule has 1 amide bonds. The van der Waals surface area contributed by atoms with E-state index >= 15 is 0 Å². The van der Waals surface area contributed by atoms with Crippen LogP contribution in [0.5, 0.6) is 0 Å². The fourth-order valence-corrected chi connectivity index (χ4v) is 4.05. The van der Waals surface area contributed by atoms with Gasteiger partial charge < -0.3 is 4.74 Å². The van der Waals surface area contributed by atoms with E-state index in [9.17, 15) is 28.1 Å². The number of rotatable bonds is 7. The summed E-state index contributed by atoms with van der Waals surface area (Å²) < 4.78 is 31.2. The molecule has 1 unspecified atom stereocenters. The van der Waals surface area contributed by atoms with Crippen LogP contribution < -0.4 is 0 Å². The number of carbonyl (C=O) groups excluding carboxylic acids is 2. The van der Waals surface area contributed by atoms with E-state index in [-0.39, 0.29) is 16.2 Å². The highest BCUT2D eigenvalue weighted by Gasteiger charge is 2.39. The van der Waals surface area contributed by atoms with Crippen molar-refractivity contribution in [3.05, 3.63) is 51.8 Å². The number of allylic oxidation sites excluding steroid dienone is 1. The molecular weight excluding hydrogens is 390 g/mol. The lowest BCUT2D eigenvalue weighted by atomic mass is 10.1. The summed E-state index contributed by atoms with van der Waals surface area (Å²) in [4.78, 5) is 37.7. The van der Waals surface area contributed by atoms with Crippen molar-refractivity contribution in [3.63, 3.8) is 0 Å². The van der Waals surface area contributed by atoms with Crippen molar-refractivity contribution in [2.45, 2.75) is 31.7 Å². The predicted octanol–water partition coefficient (Wildman–Crippen LogP) is 1.40. The van der Waals surface area contributed by atoms with Crippen LogP contribution in [0, 0.1) is 10.1 Å². The summed E-state index contributed by atoms with van der Waals surface area (Å²) in [7, 11) is -3.69. The number of hydrogen-bond acceptors (Lipinski definition) is 7. The Labute approximate surface area is 161 Å². The maximum atomic E-state index is 12.5. The molecule has 0 spiro atoms. The average molecular weight is 409 g/mol. The van der Waals surface area contributed by atoms with Gasteiger partial charge in [0, 0.05) is 29.8 Å². The van der Waals surface area contributed by atoms with Gasteiger partial charge in [0.05, 0.1) is 10.5 Å². The zero-order valence-electron chi connectivity index (χ0n) is 15.5. The Bertz CT molecular complexity index is 961. The number of nitro groups is 1. The first-order chi connectivity index (χ1) is 13.1. The van der Waals surface area contributed by atoms with Crippen LogP contribution in [0.15, 0.2) is 46.0 Å². The van der Waals surface area contributed by atoms with E-state index < -0.39 is 38.6 Å². The lowest BCUT2D eigenvalue weighted by Gasteiger charge is -2.18. The molecule has 2 rings (SSSR count). The molecule has 0 aromatic heterocycles. The first kappa shape index (κ1) is 21.4. The van der Waals surface area contributed by atoms with Gasteiger partial charge in [-0.3, -0.25) is 14.9 Å². The zero-order valence-corrected chi connectivity index (χ0v) is 16.3. The summed E-state index contributed by atoms with van der Waals surface area (Å²) in [5.74, 6) is -2.42. The van der Waals surface area contributed by atoms with E-state index in [2.05, 4.69) is 4.99 Å². The van der Waals surface area contributed by atoms with Crippen LogP contribution in [0.4, 0.5) is 0 Å². The van der Waals surface area contributed by atoms with E-state index in [4.69, 9.17) is 4.74 Å². The quantitative estimate of drug-likeness (QED) is 0.377. The highest BCUT2D eigenvalue weighted by atomic mass is 32.2. The molecule has 28 heavy (non-hydrogen) atoms. The minimum absolute atomic E-state index is 0.00551. The Balaban J connectivity index is 2.25. The summed E-state index contributed by atoms with van der Waals surface area (Å²) >= 11 is 0. The van der Waals surface area contributed by atoms with Gasteiger partial charge in [-0.25, -0.2) is 18.2 Å². The molecule has 0 saturated heterocycles. The largest absolute Gasteiger partial charge is 0.419 e. The third kappa shape index (κ3) is 4.31. The third-order valence-corrected chi connectivity index (χ3v) is 6.06. The van der Waals surface area contributed by atoms with Gasteiger partial charge in [0.1, 0.15) is 0 Å². The van der Waals surface area contributed by atoms with Crippen LogP contribution in [-0.2, 0) is 19.6 Å². The number of sulfonamides is 1. The van der Waals surface area contributed by atoms with E-state index in [1.165, 1.54) is 35.5 Å². The van der Waals surface area contributed by atoms with Crippen LogP contribution in [0.25, 0.3) is 0 Å². The lowest BCUT2D eigenvalue weighted by Crippen LogP contribution is -2.35. The predicted molar refractivity (Wildman–Crippen MR) is 98.9 cm³/mol. The number of dihydropyridines is 1. The molecule has 0 fully saturated rings. The summed E-state index contributed by atoms with van der Waals surface area (Å²) in [6.07, 6.45) is 1.14. The number of hydrogen-bond donors (Lipinski definition) is 0. The maximum absolute atomic E-state index is 12.5. The van der Waals surface area contributed by atoms with E-state index in [1.54, 1.807) is 13.8 Å². The van der Waals surface area contributed by atoms with Gasteiger partial charge in [-0.2, -0.15) is 4.31 Å². The molecule has 0 saturated carbocycles. The zero-order chi connectivity index (χ0) is 21.1. The molecule has 10 nitrogen and oxygen atoms in total. The monoisotopic (exact) mass is 409 g/mol. The molecule has 150 valence electrons. The van der Waals surface area contributed by atoms with Gasteiger partial charge in [-0.15, -0.1) is 0 Å². The summed E-state index contributed by atoms with van der Waals surface area (Å²) in [6.45, 7) is 5.46. The smallest absolute Gasteiger partial charge is 0.348 e. The second-order valence-corrected chi connectivity index (χ2v) is 7.77. The summed E-state index contributed by atoms with van der Waals surface area (Å²) in [6, 6.07) is 3.10. The topological polar surface area (TPSA) is 136 Å². The van der Waals surface area contributed by atoms with Crippen LogP contribution in [-0.4, -0.2) is 54.4 Å². The molecule has 0 aliphatic carbocycles. The number of aliphatic imine (C=N–C) groups is 1. The Hall–Kier alpha value is -2.92. The van der Waals surface area contributed by atoms with Crippen LogP contribution in [0.3, 0.4) is 0 Å². The fraction of sp³-hybridized carbons (Fsp3) is 0.353. The van der Waals surface area contributed by atoms with Gasteiger partial charge >= 0.3 is 17.9 Å². The standard InChI is InChI=1S/C17H19N3O7S/c1-4-19(5-2)28(25,26)13-8-6-12(7-9-13)17(22)27-14-10-11(3)18-16(21)15(14)20(23)24/h6-10,15H,4-5H2,1-3H3. The van der Waals surface area contributed by atoms with Gasteiger partial charge in [0.15, 0.2) is 5.76 Å². The molecule has 1 aromatic carbocycles. The van der Waals surface area contributed by atoms with Crippen LogP contribution in [0.2, 0.25) is 0 Å². The number of benzene rings is 1. The molecule has 0 bridgehead atoms. The van der Waals surface area contributed by atoms with Gasteiger partial charge in [-0.1, -0.05) is 13.8 Å². The molecule has 0 radical (unpaired) electrons. The number of esters is 1.